The number of aryl methyl sites for hydroxylation is 1. The SMILES string of the molecule is CC(C)c1cc(CCC(=O)O)ccc1S(=O)O. The maximum atomic E-state index is 11.1. The Balaban J connectivity index is 3.01. The molecule has 4 nitrogen and oxygen atoms in total. The van der Waals surface area contributed by atoms with E-state index in [2.05, 4.69) is 0 Å². The minimum Gasteiger partial charge on any atom is -0.481 e. The summed E-state index contributed by atoms with van der Waals surface area (Å²) in [5.41, 5.74) is 1.68. The maximum Gasteiger partial charge on any atom is 0.303 e. The third-order valence-electron chi connectivity index (χ3n) is 2.51. The second-order valence-electron chi connectivity index (χ2n) is 4.17. The van der Waals surface area contributed by atoms with Crippen molar-refractivity contribution in [2.45, 2.75) is 37.5 Å². The lowest BCUT2D eigenvalue weighted by molar-refractivity contribution is -0.136. The first-order valence-electron chi connectivity index (χ1n) is 5.37. The van der Waals surface area contributed by atoms with E-state index in [0.29, 0.717) is 11.3 Å². The predicted molar refractivity (Wildman–Crippen MR) is 65.5 cm³/mol. The predicted octanol–water partition coefficient (Wildman–Crippen LogP) is 2.41. The Labute approximate surface area is 103 Å². The van der Waals surface area contributed by atoms with Crippen molar-refractivity contribution in [3.05, 3.63) is 29.3 Å². The van der Waals surface area contributed by atoms with Gasteiger partial charge in [0.15, 0.2) is 11.1 Å². The highest BCUT2D eigenvalue weighted by Crippen LogP contribution is 2.24. The monoisotopic (exact) mass is 256 g/mol. The Kier molecular flexibility index (Phi) is 4.84. The topological polar surface area (TPSA) is 74.6 Å². The molecule has 0 amide bonds. The van der Waals surface area contributed by atoms with Crippen LogP contribution in [-0.4, -0.2) is 19.8 Å². The van der Waals surface area contributed by atoms with Crippen molar-refractivity contribution in [2.75, 3.05) is 0 Å². The van der Waals surface area contributed by atoms with Gasteiger partial charge in [-0.2, -0.15) is 0 Å². The first-order valence-corrected chi connectivity index (χ1v) is 6.48. The molecule has 0 radical (unpaired) electrons. The van der Waals surface area contributed by atoms with Crippen LogP contribution in [0.3, 0.4) is 0 Å². The highest BCUT2D eigenvalue weighted by Gasteiger charge is 2.12. The minimum absolute atomic E-state index is 0.0685. The smallest absolute Gasteiger partial charge is 0.303 e. The van der Waals surface area contributed by atoms with E-state index in [-0.39, 0.29) is 12.3 Å². The lowest BCUT2D eigenvalue weighted by Gasteiger charge is -2.12. The number of benzene rings is 1. The third kappa shape index (κ3) is 3.94. The van der Waals surface area contributed by atoms with Crippen LogP contribution in [0, 0.1) is 0 Å². The van der Waals surface area contributed by atoms with E-state index in [1.165, 1.54) is 0 Å². The van der Waals surface area contributed by atoms with Crippen molar-refractivity contribution in [1.82, 2.24) is 0 Å². The number of hydrogen-bond acceptors (Lipinski definition) is 2. The molecule has 1 aromatic rings. The van der Waals surface area contributed by atoms with Crippen LogP contribution in [-0.2, 0) is 22.3 Å². The molecule has 0 bridgehead atoms. The summed E-state index contributed by atoms with van der Waals surface area (Å²) in [7, 11) is 0. The normalized spacial score (nSPS) is 12.7. The van der Waals surface area contributed by atoms with Gasteiger partial charge in [-0.25, -0.2) is 4.21 Å². The highest BCUT2D eigenvalue weighted by atomic mass is 32.2. The maximum absolute atomic E-state index is 11.1. The molecule has 0 heterocycles. The fourth-order valence-electron chi connectivity index (χ4n) is 1.61. The van der Waals surface area contributed by atoms with Crippen molar-refractivity contribution in [2.24, 2.45) is 0 Å². The molecule has 5 heteroatoms. The Morgan fingerprint density at radius 2 is 2.06 bits per heavy atom. The molecule has 0 aliphatic heterocycles. The molecular weight excluding hydrogens is 240 g/mol. The van der Waals surface area contributed by atoms with Crippen LogP contribution in [0.15, 0.2) is 23.1 Å². The summed E-state index contributed by atoms with van der Waals surface area (Å²) < 4.78 is 20.3. The molecule has 0 aliphatic rings. The van der Waals surface area contributed by atoms with Crippen LogP contribution >= 0.6 is 0 Å². The van der Waals surface area contributed by atoms with Crippen molar-refractivity contribution in [3.8, 4) is 0 Å². The van der Waals surface area contributed by atoms with Crippen molar-refractivity contribution in [1.29, 1.82) is 0 Å². The van der Waals surface area contributed by atoms with Gasteiger partial charge in [0, 0.05) is 6.42 Å². The molecule has 0 aliphatic carbocycles. The van der Waals surface area contributed by atoms with Gasteiger partial charge in [0.1, 0.15) is 0 Å². The summed E-state index contributed by atoms with van der Waals surface area (Å²) in [6, 6.07) is 5.12. The van der Waals surface area contributed by atoms with Crippen molar-refractivity contribution in [3.63, 3.8) is 0 Å². The molecule has 2 N–H and O–H groups in total. The summed E-state index contributed by atoms with van der Waals surface area (Å²) in [6.45, 7) is 3.87. The van der Waals surface area contributed by atoms with E-state index in [1.807, 2.05) is 19.9 Å². The molecule has 1 aromatic carbocycles. The van der Waals surface area contributed by atoms with Crippen LogP contribution in [0.1, 0.15) is 37.3 Å². The van der Waals surface area contributed by atoms with Crippen molar-refractivity contribution >= 4 is 17.0 Å². The van der Waals surface area contributed by atoms with Crippen LogP contribution < -0.4 is 0 Å². The summed E-state index contributed by atoms with van der Waals surface area (Å²) in [5, 5.41) is 8.61. The average molecular weight is 256 g/mol. The molecule has 0 aromatic heterocycles. The molecule has 1 rings (SSSR count). The lowest BCUT2D eigenvalue weighted by Crippen LogP contribution is -2.02. The number of rotatable bonds is 5. The molecular formula is C12H16O4S. The van der Waals surface area contributed by atoms with Crippen LogP contribution in [0.2, 0.25) is 0 Å². The molecule has 1 atom stereocenters. The van der Waals surface area contributed by atoms with E-state index in [1.54, 1.807) is 12.1 Å². The quantitative estimate of drug-likeness (QED) is 0.793. The van der Waals surface area contributed by atoms with Gasteiger partial charge in [-0.3, -0.25) is 4.79 Å². The third-order valence-corrected chi connectivity index (χ3v) is 3.26. The summed E-state index contributed by atoms with van der Waals surface area (Å²) in [4.78, 5) is 10.9. The second-order valence-corrected chi connectivity index (χ2v) is 5.11. The van der Waals surface area contributed by atoms with Crippen molar-refractivity contribution < 1.29 is 18.7 Å². The number of carboxylic acids is 1. The Morgan fingerprint density at radius 3 is 2.53 bits per heavy atom. The highest BCUT2D eigenvalue weighted by molar-refractivity contribution is 7.79. The van der Waals surface area contributed by atoms with E-state index in [9.17, 15) is 9.00 Å². The van der Waals surface area contributed by atoms with Gasteiger partial charge in [-0.05, 0) is 29.5 Å². The van der Waals surface area contributed by atoms with Gasteiger partial charge in [0.25, 0.3) is 0 Å². The molecule has 0 spiro atoms. The van der Waals surface area contributed by atoms with Gasteiger partial charge >= 0.3 is 5.97 Å². The molecule has 0 saturated heterocycles. The zero-order valence-electron chi connectivity index (χ0n) is 9.84. The van der Waals surface area contributed by atoms with Gasteiger partial charge in [0.2, 0.25) is 0 Å². The average Bonchev–Trinajstić information content (AvgIpc) is 2.25. The number of carboxylic acid groups (broad SMARTS) is 1. The lowest BCUT2D eigenvalue weighted by atomic mass is 9.99. The molecule has 94 valence electrons. The molecule has 17 heavy (non-hydrogen) atoms. The van der Waals surface area contributed by atoms with Gasteiger partial charge in [-0.15, -0.1) is 0 Å². The first kappa shape index (κ1) is 13.9. The van der Waals surface area contributed by atoms with Crippen LogP contribution in [0.4, 0.5) is 0 Å². The van der Waals surface area contributed by atoms with Gasteiger partial charge < -0.3 is 9.66 Å². The van der Waals surface area contributed by atoms with Crippen LogP contribution in [0.25, 0.3) is 0 Å². The first-order chi connectivity index (χ1) is 7.91. The standard InChI is InChI=1S/C12H16O4S/c1-8(2)10-7-9(4-6-12(13)14)3-5-11(10)17(15)16/h3,5,7-8H,4,6H2,1-2H3,(H,13,14)(H,15,16). The second kappa shape index (κ2) is 5.93. The Morgan fingerprint density at radius 1 is 1.41 bits per heavy atom. The number of aliphatic carboxylic acids is 1. The number of hydrogen-bond donors (Lipinski definition) is 2. The Hall–Kier alpha value is -1.20. The van der Waals surface area contributed by atoms with Crippen LogP contribution in [0.5, 0.6) is 0 Å². The number of carbonyl (C=O) groups is 1. The fraction of sp³-hybridized carbons (Fsp3) is 0.417. The molecule has 1 unspecified atom stereocenters. The molecule has 0 fully saturated rings. The van der Waals surface area contributed by atoms with Gasteiger partial charge in [-0.1, -0.05) is 26.0 Å². The summed E-state index contributed by atoms with van der Waals surface area (Å²) in [6.07, 6.45) is 0.506. The zero-order valence-corrected chi connectivity index (χ0v) is 10.7. The van der Waals surface area contributed by atoms with E-state index >= 15 is 0 Å². The van der Waals surface area contributed by atoms with E-state index in [4.69, 9.17) is 9.66 Å². The van der Waals surface area contributed by atoms with E-state index < -0.39 is 17.0 Å². The zero-order chi connectivity index (χ0) is 13.0. The summed E-state index contributed by atoms with van der Waals surface area (Å²) in [5.74, 6) is -0.711. The largest absolute Gasteiger partial charge is 0.481 e. The summed E-state index contributed by atoms with van der Waals surface area (Å²) >= 11 is -2.00. The minimum atomic E-state index is -2.00. The Bertz CT molecular complexity index is 440. The van der Waals surface area contributed by atoms with Gasteiger partial charge in [0.05, 0.1) is 4.90 Å². The molecule has 0 saturated carbocycles. The fourth-order valence-corrected chi connectivity index (χ4v) is 2.30. The van der Waals surface area contributed by atoms with E-state index in [0.717, 1.165) is 11.1 Å².